The summed E-state index contributed by atoms with van der Waals surface area (Å²) in [7, 11) is 1.88. The molecule has 0 saturated carbocycles. The Morgan fingerprint density at radius 1 is 1.77 bits per heavy atom. The number of nitrogens with zero attached hydrogens (tertiary/aromatic N) is 2. The smallest absolute Gasteiger partial charge is 0.238 e. The standard InChI is InChI=1S/C9H15N3O/c1-9(2)6-12(3)7(4-5-10)8(13)11-9/h7H,4,6H2,1-3H3,(H,11,13). The van der Waals surface area contributed by atoms with Gasteiger partial charge in [0.2, 0.25) is 5.91 Å². The molecule has 0 aliphatic carbocycles. The fourth-order valence-electron chi connectivity index (χ4n) is 1.73. The second-order valence-corrected chi connectivity index (χ2v) is 4.17. The molecule has 0 spiro atoms. The Morgan fingerprint density at radius 2 is 2.38 bits per heavy atom. The Kier molecular flexibility index (Phi) is 2.58. The van der Waals surface area contributed by atoms with Crippen molar-refractivity contribution < 1.29 is 4.79 Å². The quantitative estimate of drug-likeness (QED) is 0.624. The zero-order chi connectivity index (χ0) is 10.1. The molecular formula is C9H15N3O. The molecule has 0 radical (unpaired) electrons. The topological polar surface area (TPSA) is 56.1 Å². The molecule has 0 aromatic carbocycles. The Bertz CT molecular complexity index is 254. The normalized spacial score (nSPS) is 27.8. The molecule has 1 aliphatic heterocycles. The number of piperazine rings is 1. The lowest BCUT2D eigenvalue weighted by Gasteiger charge is -2.41. The summed E-state index contributed by atoms with van der Waals surface area (Å²) in [6.45, 7) is 4.74. The number of nitrogens with one attached hydrogen (secondary N) is 1. The summed E-state index contributed by atoms with van der Waals surface area (Å²) in [5, 5.41) is 11.4. The van der Waals surface area contributed by atoms with Crippen molar-refractivity contribution in [2.45, 2.75) is 31.8 Å². The maximum Gasteiger partial charge on any atom is 0.238 e. The van der Waals surface area contributed by atoms with Gasteiger partial charge in [0.05, 0.1) is 12.5 Å². The van der Waals surface area contributed by atoms with E-state index in [4.69, 9.17) is 5.26 Å². The lowest BCUT2D eigenvalue weighted by molar-refractivity contribution is -0.131. The van der Waals surface area contributed by atoms with E-state index in [1.165, 1.54) is 0 Å². The number of amides is 1. The van der Waals surface area contributed by atoms with Crippen molar-refractivity contribution in [2.75, 3.05) is 13.6 Å². The van der Waals surface area contributed by atoms with Gasteiger partial charge in [-0.1, -0.05) is 0 Å². The van der Waals surface area contributed by atoms with Gasteiger partial charge in [0.1, 0.15) is 6.04 Å². The maximum absolute atomic E-state index is 11.5. The van der Waals surface area contributed by atoms with Gasteiger partial charge in [0.25, 0.3) is 0 Å². The van der Waals surface area contributed by atoms with E-state index in [2.05, 4.69) is 5.32 Å². The first-order chi connectivity index (χ1) is 5.96. The van der Waals surface area contributed by atoms with Crippen LogP contribution in [0, 0.1) is 11.3 Å². The van der Waals surface area contributed by atoms with E-state index in [1.54, 1.807) is 0 Å². The molecule has 72 valence electrons. The Balaban J connectivity index is 2.72. The molecule has 1 N–H and O–H groups in total. The molecule has 13 heavy (non-hydrogen) atoms. The number of nitriles is 1. The predicted octanol–water partition coefficient (Wildman–Crippen LogP) is 0.109. The summed E-state index contributed by atoms with van der Waals surface area (Å²) in [5.41, 5.74) is -0.183. The van der Waals surface area contributed by atoms with Gasteiger partial charge >= 0.3 is 0 Å². The molecular weight excluding hydrogens is 166 g/mol. The van der Waals surface area contributed by atoms with Crippen LogP contribution in [0.3, 0.4) is 0 Å². The van der Waals surface area contributed by atoms with Gasteiger partial charge < -0.3 is 5.32 Å². The molecule has 0 aromatic heterocycles. The Morgan fingerprint density at radius 3 is 2.85 bits per heavy atom. The molecule has 1 aliphatic rings. The van der Waals surface area contributed by atoms with Gasteiger partial charge in [-0.25, -0.2) is 0 Å². The van der Waals surface area contributed by atoms with Crippen LogP contribution in [-0.4, -0.2) is 36.0 Å². The molecule has 1 fully saturated rings. The molecule has 1 heterocycles. The number of likely N-dealkylation sites (N-methyl/N-ethyl adjacent to an activating group) is 1. The molecule has 4 heteroatoms. The van der Waals surface area contributed by atoms with Gasteiger partial charge in [-0.3, -0.25) is 9.69 Å². The first-order valence-corrected chi connectivity index (χ1v) is 4.35. The summed E-state index contributed by atoms with van der Waals surface area (Å²) >= 11 is 0. The van der Waals surface area contributed by atoms with E-state index in [-0.39, 0.29) is 23.9 Å². The van der Waals surface area contributed by atoms with Crippen LogP contribution in [0.5, 0.6) is 0 Å². The van der Waals surface area contributed by atoms with Gasteiger partial charge in [-0.2, -0.15) is 5.26 Å². The number of hydrogen-bond donors (Lipinski definition) is 1. The lowest BCUT2D eigenvalue weighted by Crippen LogP contribution is -2.63. The highest BCUT2D eigenvalue weighted by molar-refractivity contribution is 5.83. The molecule has 1 saturated heterocycles. The van der Waals surface area contributed by atoms with Crippen molar-refractivity contribution in [1.29, 1.82) is 5.26 Å². The summed E-state index contributed by atoms with van der Waals surface area (Å²) in [5.74, 6) is -0.0414. The maximum atomic E-state index is 11.5. The van der Waals surface area contributed by atoms with E-state index >= 15 is 0 Å². The van der Waals surface area contributed by atoms with Crippen molar-refractivity contribution >= 4 is 5.91 Å². The molecule has 1 atom stereocenters. The monoisotopic (exact) mass is 181 g/mol. The highest BCUT2D eigenvalue weighted by atomic mass is 16.2. The third kappa shape index (κ3) is 2.19. The highest BCUT2D eigenvalue weighted by Gasteiger charge is 2.35. The lowest BCUT2D eigenvalue weighted by atomic mass is 9.98. The van der Waals surface area contributed by atoms with Crippen LogP contribution < -0.4 is 5.32 Å². The highest BCUT2D eigenvalue weighted by Crippen LogP contribution is 2.15. The van der Waals surface area contributed by atoms with Crippen molar-refractivity contribution in [3.05, 3.63) is 0 Å². The van der Waals surface area contributed by atoms with Gasteiger partial charge in [-0.05, 0) is 20.9 Å². The molecule has 1 rings (SSSR count). The SMILES string of the molecule is CN1CC(C)(C)NC(=O)C1CC#N. The fourth-order valence-corrected chi connectivity index (χ4v) is 1.73. The van der Waals surface area contributed by atoms with Gasteiger partial charge in [0.15, 0.2) is 0 Å². The van der Waals surface area contributed by atoms with Crippen LogP contribution in [-0.2, 0) is 4.79 Å². The second-order valence-electron chi connectivity index (χ2n) is 4.17. The number of hydrogen-bond acceptors (Lipinski definition) is 3. The largest absolute Gasteiger partial charge is 0.349 e. The van der Waals surface area contributed by atoms with Crippen LogP contribution in [0.4, 0.5) is 0 Å². The van der Waals surface area contributed by atoms with E-state index in [9.17, 15) is 4.79 Å². The third-order valence-electron chi connectivity index (χ3n) is 2.23. The van der Waals surface area contributed by atoms with Crippen LogP contribution in [0.2, 0.25) is 0 Å². The summed E-state index contributed by atoms with van der Waals surface area (Å²) < 4.78 is 0. The first kappa shape index (κ1) is 10.0. The molecule has 0 bridgehead atoms. The molecule has 1 amide bonds. The summed E-state index contributed by atoms with van der Waals surface area (Å²) in [4.78, 5) is 13.4. The first-order valence-electron chi connectivity index (χ1n) is 4.35. The average Bonchev–Trinajstić information content (AvgIpc) is 1.94. The van der Waals surface area contributed by atoms with Crippen LogP contribution in [0.25, 0.3) is 0 Å². The minimum absolute atomic E-state index is 0.0414. The zero-order valence-electron chi connectivity index (χ0n) is 8.29. The van der Waals surface area contributed by atoms with Gasteiger partial charge in [-0.15, -0.1) is 0 Å². The average molecular weight is 181 g/mol. The minimum atomic E-state index is -0.280. The Hall–Kier alpha value is -1.08. The van der Waals surface area contributed by atoms with Crippen molar-refractivity contribution in [3.63, 3.8) is 0 Å². The number of carbonyl (C=O) groups is 1. The second kappa shape index (κ2) is 3.35. The van der Waals surface area contributed by atoms with Gasteiger partial charge in [0, 0.05) is 12.1 Å². The van der Waals surface area contributed by atoms with Crippen molar-refractivity contribution in [3.8, 4) is 6.07 Å². The van der Waals surface area contributed by atoms with Crippen LogP contribution >= 0.6 is 0 Å². The summed E-state index contributed by atoms with van der Waals surface area (Å²) in [6, 6.07) is 1.74. The zero-order valence-corrected chi connectivity index (χ0v) is 8.29. The number of carbonyl (C=O) groups excluding carboxylic acids is 1. The fraction of sp³-hybridized carbons (Fsp3) is 0.778. The third-order valence-corrected chi connectivity index (χ3v) is 2.23. The predicted molar refractivity (Wildman–Crippen MR) is 48.9 cm³/mol. The van der Waals surface area contributed by atoms with E-state index in [0.29, 0.717) is 0 Å². The van der Waals surface area contributed by atoms with E-state index < -0.39 is 0 Å². The van der Waals surface area contributed by atoms with Crippen molar-refractivity contribution in [1.82, 2.24) is 10.2 Å². The van der Waals surface area contributed by atoms with E-state index in [0.717, 1.165) is 6.54 Å². The number of rotatable bonds is 1. The summed E-state index contributed by atoms with van der Waals surface area (Å²) in [6.07, 6.45) is 0.262. The molecule has 4 nitrogen and oxygen atoms in total. The van der Waals surface area contributed by atoms with Crippen LogP contribution in [0.1, 0.15) is 20.3 Å². The van der Waals surface area contributed by atoms with Crippen LogP contribution in [0.15, 0.2) is 0 Å². The molecule has 0 aromatic rings. The van der Waals surface area contributed by atoms with E-state index in [1.807, 2.05) is 31.9 Å². The Labute approximate surface area is 78.5 Å². The van der Waals surface area contributed by atoms with Crippen molar-refractivity contribution in [2.24, 2.45) is 0 Å². The molecule has 1 unspecified atom stereocenters. The minimum Gasteiger partial charge on any atom is -0.349 e.